The van der Waals surface area contributed by atoms with Crippen molar-refractivity contribution in [3.05, 3.63) is 60.3 Å². The van der Waals surface area contributed by atoms with Crippen LogP contribution in [0.4, 0.5) is 11.5 Å². The summed E-state index contributed by atoms with van der Waals surface area (Å²) in [6.45, 7) is 0.694. The van der Waals surface area contributed by atoms with Crippen LogP contribution in [0, 0.1) is 5.92 Å². The highest BCUT2D eigenvalue weighted by atomic mass is 16.5. The third-order valence-corrected chi connectivity index (χ3v) is 5.65. The molecular formula is C24H26N4O5. The first-order chi connectivity index (χ1) is 16.0. The van der Waals surface area contributed by atoms with E-state index in [1.807, 2.05) is 30.3 Å². The second-order valence-electron chi connectivity index (χ2n) is 7.62. The maximum atomic E-state index is 13.0. The second-order valence-corrected chi connectivity index (χ2v) is 7.62. The topological polar surface area (TPSA) is 94.9 Å². The summed E-state index contributed by atoms with van der Waals surface area (Å²) in [5.41, 5.74) is 1.60. The Morgan fingerprint density at radius 1 is 1.06 bits per heavy atom. The first kappa shape index (κ1) is 22.2. The predicted molar refractivity (Wildman–Crippen MR) is 123 cm³/mol. The summed E-state index contributed by atoms with van der Waals surface area (Å²) in [7, 11) is 4.75. The molecule has 0 bridgehead atoms. The number of amides is 2. The molecule has 0 radical (unpaired) electrons. The number of aromatic nitrogens is 2. The largest absolute Gasteiger partial charge is 0.497 e. The first-order valence-corrected chi connectivity index (χ1v) is 10.5. The van der Waals surface area contributed by atoms with Crippen LogP contribution >= 0.6 is 0 Å². The second kappa shape index (κ2) is 9.64. The molecule has 3 aromatic rings. The fourth-order valence-electron chi connectivity index (χ4n) is 3.93. The minimum atomic E-state index is -0.464. The number of benzene rings is 2. The molecule has 1 unspecified atom stereocenters. The molecule has 4 rings (SSSR count). The van der Waals surface area contributed by atoms with Gasteiger partial charge in [-0.05, 0) is 30.3 Å². The molecule has 1 saturated heterocycles. The van der Waals surface area contributed by atoms with Gasteiger partial charge in [0.1, 0.15) is 11.6 Å². The highest BCUT2D eigenvalue weighted by Crippen LogP contribution is 2.32. The number of ether oxygens (including phenoxy) is 3. The lowest BCUT2D eigenvalue weighted by atomic mass is 10.1. The molecule has 1 aliphatic rings. The molecule has 2 amide bonds. The third kappa shape index (κ3) is 4.62. The van der Waals surface area contributed by atoms with Gasteiger partial charge in [-0.15, -0.1) is 0 Å². The lowest BCUT2D eigenvalue weighted by molar-refractivity contribution is -0.122. The summed E-state index contributed by atoms with van der Waals surface area (Å²) in [5.74, 6) is 1.71. The summed E-state index contributed by atoms with van der Waals surface area (Å²) in [5, 5.41) is 7.25. The van der Waals surface area contributed by atoms with Crippen molar-refractivity contribution >= 4 is 23.3 Å². The fraction of sp³-hybridized carbons (Fsp3) is 0.292. The Morgan fingerprint density at radius 3 is 2.55 bits per heavy atom. The van der Waals surface area contributed by atoms with Gasteiger partial charge < -0.3 is 24.4 Å². The SMILES string of the molecule is COc1ccc(N2CC(C(=O)Nc3ccnn3Cc3cccc(OC)c3OC)CC2=O)cc1. The number of para-hydroxylation sites is 1. The van der Waals surface area contributed by atoms with Crippen LogP contribution in [0.5, 0.6) is 17.2 Å². The third-order valence-electron chi connectivity index (χ3n) is 5.65. The summed E-state index contributed by atoms with van der Waals surface area (Å²) < 4.78 is 17.7. The Hall–Kier alpha value is -4.01. The molecular weight excluding hydrogens is 424 g/mol. The van der Waals surface area contributed by atoms with E-state index in [0.717, 1.165) is 11.3 Å². The number of hydrogen-bond acceptors (Lipinski definition) is 6. The Balaban J connectivity index is 1.45. The van der Waals surface area contributed by atoms with Crippen LogP contribution in [0.2, 0.25) is 0 Å². The first-order valence-electron chi connectivity index (χ1n) is 10.5. The van der Waals surface area contributed by atoms with Gasteiger partial charge in [-0.25, -0.2) is 4.68 Å². The Labute approximate surface area is 191 Å². The van der Waals surface area contributed by atoms with Crippen LogP contribution in [0.15, 0.2) is 54.7 Å². The Kier molecular flexibility index (Phi) is 6.48. The van der Waals surface area contributed by atoms with Crippen molar-refractivity contribution in [2.75, 3.05) is 38.1 Å². The van der Waals surface area contributed by atoms with Gasteiger partial charge in [0.05, 0.1) is 40.0 Å². The predicted octanol–water partition coefficient (Wildman–Crippen LogP) is 2.95. The molecule has 9 heteroatoms. The van der Waals surface area contributed by atoms with E-state index in [1.165, 1.54) is 0 Å². The highest BCUT2D eigenvalue weighted by molar-refractivity contribution is 6.03. The molecule has 2 aromatic carbocycles. The molecule has 2 heterocycles. The Morgan fingerprint density at radius 2 is 1.85 bits per heavy atom. The highest BCUT2D eigenvalue weighted by Gasteiger charge is 2.35. The minimum Gasteiger partial charge on any atom is -0.497 e. The fourth-order valence-corrected chi connectivity index (χ4v) is 3.93. The smallest absolute Gasteiger partial charge is 0.230 e. The number of carbonyl (C=O) groups excluding carboxylic acids is 2. The van der Waals surface area contributed by atoms with Gasteiger partial charge >= 0.3 is 0 Å². The van der Waals surface area contributed by atoms with Gasteiger partial charge in [-0.1, -0.05) is 12.1 Å². The van der Waals surface area contributed by atoms with Crippen LogP contribution in [-0.4, -0.2) is 49.5 Å². The summed E-state index contributed by atoms with van der Waals surface area (Å²) in [6, 6.07) is 14.5. The zero-order valence-electron chi connectivity index (χ0n) is 18.8. The van der Waals surface area contributed by atoms with E-state index in [-0.39, 0.29) is 18.2 Å². The number of hydrogen-bond donors (Lipinski definition) is 1. The number of rotatable bonds is 8. The van der Waals surface area contributed by atoms with E-state index in [1.54, 1.807) is 55.3 Å². The average Bonchev–Trinajstić information content (AvgIpc) is 3.45. The average molecular weight is 450 g/mol. The quantitative estimate of drug-likeness (QED) is 0.567. The van der Waals surface area contributed by atoms with Gasteiger partial charge in [-0.3, -0.25) is 9.59 Å². The van der Waals surface area contributed by atoms with Crippen molar-refractivity contribution in [1.29, 1.82) is 0 Å². The maximum absolute atomic E-state index is 13.0. The van der Waals surface area contributed by atoms with Crippen molar-refractivity contribution in [3.8, 4) is 17.2 Å². The molecule has 0 saturated carbocycles. The van der Waals surface area contributed by atoms with E-state index in [4.69, 9.17) is 14.2 Å². The molecule has 1 aliphatic heterocycles. The number of carbonyl (C=O) groups is 2. The molecule has 172 valence electrons. The Bertz CT molecular complexity index is 1140. The summed E-state index contributed by atoms with van der Waals surface area (Å²) in [6.07, 6.45) is 1.77. The van der Waals surface area contributed by atoms with Gasteiger partial charge in [-0.2, -0.15) is 5.10 Å². The van der Waals surface area contributed by atoms with Gasteiger partial charge in [0.25, 0.3) is 0 Å². The summed E-state index contributed by atoms with van der Waals surface area (Å²) in [4.78, 5) is 27.2. The lowest BCUT2D eigenvalue weighted by Crippen LogP contribution is -2.28. The van der Waals surface area contributed by atoms with Crippen molar-refractivity contribution in [2.24, 2.45) is 5.92 Å². The van der Waals surface area contributed by atoms with E-state index in [0.29, 0.717) is 36.2 Å². The molecule has 9 nitrogen and oxygen atoms in total. The number of nitrogens with zero attached hydrogens (tertiary/aromatic N) is 3. The van der Waals surface area contributed by atoms with Crippen molar-refractivity contribution in [1.82, 2.24) is 9.78 Å². The van der Waals surface area contributed by atoms with E-state index >= 15 is 0 Å². The van der Waals surface area contributed by atoms with Crippen molar-refractivity contribution in [2.45, 2.75) is 13.0 Å². The van der Waals surface area contributed by atoms with Gasteiger partial charge in [0.15, 0.2) is 11.5 Å². The normalized spacial score (nSPS) is 15.4. The maximum Gasteiger partial charge on any atom is 0.230 e. The zero-order valence-corrected chi connectivity index (χ0v) is 18.8. The van der Waals surface area contributed by atoms with Crippen LogP contribution in [-0.2, 0) is 16.1 Å². The molecule has 1 aromatic heterocycles. The van der Waals surface area contributed by atoms with Crippen molar-refractivity contribution in [3.63, 3.8) is 0 Å². The van der Waals surface area contributed by atoms with Gasteiger partial charge in [0, 0.05) is 30.3 Å². The molecule has 1 fully saturated rings. The number of methoxy groups -OCH3 is 3. The van der Waals surface area contributed by atoms with E-state index in [9.17, 15) is 9.59 Å². The number of nitrogens with one attached hydrogen (secondary N) is 1. The molecule has 33 heavy (non-hydrogen) atoms. The van der Waals surface area contributed by atoms with Crippen molar-refractivity contribution < 1.29 is 23.8 Å². The van der Waals surface area contributed by atoms with Crippen LogP contribution < -0.4 is 24.4 Å². The monoisotopic (exact) mass is 450 g/mol. The molecule has 0 aliphatic carbocycles. The molecule has 1 N–H and O–H groups in total. The van der Waals surface area contributed by atoms with Crippen LogP contribution in [0.1, 0.15) is 12.0 Å². The van der Waals surface area contributed by atoms with Crippen LogP contribution in [0.3, 0.4) is 0 Å². The standard InChI is InChI=1S/C24H26N4O5/c1-31-19-9-7-18(8-10-19)27-14-17(13-22(27)29)24(30)26-21-11-12-25-28(21)15-16-5-4-6-20(32-2)23(16)33-3/h4-12,17H,13-15H2,1-3H3,(H,26,30). The lowest BCUT2D eigenvalue weighted by Gasteiger charge is -2.17. The van der Waals surface area contributed by atoms with E-state index < -0.39 is 5.92 Å². The zero-order chi connectivity index (χ0) is 23.4. The minimum absolute atomic E-state index is 0.0880. The number of anilines is 2. The van der Waals surface area contributed by atoms with E-state index in [2.05, 4.69) is 10.4 Å². The van der Waals surface area contributed by atoms with Crippen LogP contribution in [0.25, 0.3) is 0 Å². The molecule has 1 atom stereocenters. The molecule has 0 spiro atoms. The summed E-state index contributed by atoms with van der Waals surface area (Å²) >= 11 is 0. The van der Waals surface area contributed by atoms with Gasteiger partial charge in [0.2, 0.25) is 11.8 Å².